The molecule has 0 aliphatic rings. The lowest BCUT2D eigenvalue weighted by Gasteiger charge is -2.13. The minimum Gasteiger partial charge on any atom is -0.469 e. The van der Waals surface area contributed by atoms with Gasteiger partial charge in [-0.2, -0.15) is 0 Å². The molecule has 0 aliphatic heterocycles. The molecule has 0 spiro atoms. The molecule has 0 radical (unpaired) electrons. The maximum absolute atomic E-state index is 11.4. The Morgan fingerprint density at radius 2 is 2.06 bits per heavy atom. The molecule has 5 heteroatoms. The number of hydrogen-bond acceptors (Lipinski definition) is 4. The summed E-state index contributed by atoms with van der Waals surface area (Å²) in [5.41, 5.74) is 1.63. The van der Waals surface area contributed by atoms with Gasteiger partial charge in [-0.1, -0.05) is 6.07 Å². The fraction of sp³-hybridized carbons (Fsp3) is 0.333. The van der Waals surface area contributed by atoms with Crippen LogP contribution in [0.15, 0.2) is 24.3 Å². The molecule has 92 valence electrons. The fourth-order valence-electron chi connectivity index (χ4n) is 1.27. The van der Waals surface area contributed by atoms with E-state index in [1.807, 2.05) is 37.2 Å². The van der Waals surface area contributed by atoms with Crippen LogP contribution in [0.1, 0.15) is 6.42 Å². The zero-order chi connectivity index (χ0) is 12.8. The lowest BCUT2D eigenvalue weighted by Crippen LogP contribution is -2.17. The van der Waals surface area contributed by atoms with Gasteiger partial charge in [-0.15, -0.1) is 0 Å². The molecule has 0 unspecified atom stereocenters. The zero-order valence-corrected chi connectivity index (χ0v) is 10.2. The van der Waals surface area contributed by atoms with Gasteiger partial charge in [0.2, 0.25) is 5.91 Å². The first-order valence-corrected chi connectivity index (χ1v) is 5.17. The number of anilines is 2. The van der Waals surface area contributed by atoms with E-state index in [0.29, 0.717) is 5.69 Å². The Morgan fingerprint density at radius 1 is 1.35 bits per heavy atom. The van der Waals surface area contributed by atoms with Crippen LogP contribution in [0.2, 0.25) is 0 Å². The fourth-order valence-corrected chi connectivity index (χ4v) is 1.27. The second-order valence-corrected chi connectivity index (χ2v) is 3.75. The molecular formula is C12H16N2O3. The second-order valence-electron chi connectivity index (χ2n) is 3.75. The summed E-state index contributed by atoms with van der Waals surface area (Å²) >= 11 is 0. The molecule has 0 saturated heterocycles. The van der Waals surface area contributed by atoms with Crippen molar-refractivity contribution in [2.75, 3.05) is 31.4 Å². The van der Waals surface area contributed by atoms with Crippen molar-refractivity contribution >= 4 is 23.3 Å². The molecule has 0 aliphatic carbocycles. The number of benzene rings is 1. The number of esters is 1. The highest BCUT2D eigenvalue weighted by molar-refractivity contribution is 6.02. The van der Waals surface area contributed by atoms with Crippen LogP contribution in [-0.2, 0) is 14.3 Å². The van der Waals surface area contributed by atoms with Crippen molar-refractivity contribution in [1.29, 1.82) is 0 Å². The number of rotatable bonds is 4. The van der Waals surface area contributed by atoms with Gasteiger partial charge in [0.15, 0.2) is 0 Å². The van der Waals surface area contributed by atoms with Gasteiger partial charge in [-0.25, -0.2) is 0 Å². The lowest BCUT2D eigenvalue weighted by molar-refractivity contribution is -0.142. The van der Waals surface area contributed by atoms with Crippen molar-refractivity contribution in [3.05, 3.63) is 24.3 Å². The van der Waals surface area contributed by atoms with Gasteiger partial charge in [-0.05, 0) is 18.2 Å². The Labute approximate surface area is 100 Å². The number of hydrogen-bond donors (Lipinski definition) is 1. The monoisotopic (exact) mass is 236 g/mol. The smallest absolute Gasteiger partial charge is 0.315 e. The van der Waals surface area contributed by atoms with E-state index in [1.165, 1.54) is 7.11 Å². The Hall–Kier alpha value is -2.04. The lowest BCUT2D eigenvalue weighted by atomic mass is 10.2. The molecule has 1 aromatic rings. The second kappa shape index (κ2) is 5.89. The highest BCUT2D eigenvalue weighted by atomic mass is 16.5. The number of amides is 1. The topological polar surface area (TPSA) is 58.6 Å². The van der Waals surface area contributed by atoms with Gasteiger partial charge in [-0.3, -0.25) is 9.59 Å². The molecule has 0 fully saturated rings. The highest BCUT2D eigenvalue weighted by Crippen LogP contribution is 2.17. The van der Waals surface area contributed by atoms with Gasteiger partial charge in [0.1, 0.15) is 6.42 Å². The van der Waals surface area contributed by atoms with E-state index in [0.717, 1.165) is 5.69 Å². The Balaban J connectivity index is 2.65. The van der Waals surface area contributed by atoms with Crippen LogP contribution >= 0.6 is 0 Å². The molecule has 1 amide bonds. The van der Waals surface area contributed by atoms with Crippen LogP contribution in [0.3, 0.4) is 0 Å². The molecule has 17 heavy (non-hydrogen) atoms. The molecular weight excluding hydrogens is 220 g/mol. The van der Waals surface area contributed by atoms with E-state index in [4.69, 9.17) is 0 Å². The summed E-state index contributed by atoms with van der Waals surface area (Å²) in [5.74, 6) is -0.931. The molecule has 0 heterocycles. The maximum Gasteiger partial charge on any atom is 0.315 e. The van der Waals surface area contributed by atoms with Crippen molar-refractivity contribution in [1.82, 2.24) is 0 Å². The van der Waals surface area contributed by atoms with E-state index >= 15 is 0 Å². The van der Waals surface area contributed by atoms with Crippen molar-refractivity contribution in [3.8, 4) is 0 Å². The molecule has 1 N–H and O–H groups in total. The number of carbonyl (C=O) groups excluding carboxylic acids is 2. The van der Waals surface area contributed by atoms with Gasteiger partial charge in [0.25, 0.3) is 0 Å². The maximum atomic E-state index is 11.4. The zero-order valence-electron chi connectivity index (χ0n) is 10.2. The number of nitrogens with one attached hydrogen (secondary N) is 1. The van der Waals surface area contributed by atoms with Crippen molar-refractivity contribution < 1.29 is 14.3 Å². The summed E-state index contributed by atoms with van der Waals surface area (Å²) in [4.78, 5) is 24.3. The van der Waals surface area contributed by atoms with Crippen LogP contribution in [0, 0.1) is 0 Å². The SMILES string of the molecule is COC(=O)CC(=O)Nc1cccc(N(C)C)c1. The Morgan fingerprint density at radius 3 is 2.65 bits per heavy atom. The van der Waals surface area contributed by atoms with Crippen molar-refractivity contribution in [2.45, 2.75) is 6.42 Å². The van der Waals surface area contributed by atoms with E-state index in [1.54, 1.807) is 6.07 Å². The minimum absolute atomic E-state index is 0.275. The highest BCUT2D eigenvalue weighted by Gasteiger charge is 2.09. The summed E-state index contributed by atoms with van der Waals surface area (Å²) in [5, 5.41) is 2.64. The predicted molar refractivity (Wildman–Crippen MR) is 66.0 cm³/mol. The number of carbonyl (C=O) groups is 2. The summed E-state index contributed by atoms with van der Waals surface area (Å²) in [6.07, 6.45) is -0.275. The van der Waals surface area contributed by atoms with Crippen LogP contribution < -0.4 is 10.2 Å². The van der Waals surface area contributed by atoms with Gasteiger partial charge in [0, 0.05) is 25.5 Å². The average Bonchev–Trinajstić information content (AvgIpc) is 2.28. The number of methoxy groups -OCH3 is 1. The normalized spacial score (nSPS) is 9.59. The van der Waals surface area contributed by atoms with Crippen LogP contribution in [-0.4, -0.2) is 33.1 Å². The predicted octanol–water partition coefficient (Wildman–Crippen LogP) is 1.25. The third-order valence-corrected chi connectivity index (χ3v) is 2.18. The van der Waals surface area contributed by atoms with Crippen LogP contribution in [0.5, 0.6) is 0 Å². The number of nitrogens with zero attached hydrogens (tertiary/aromatic N) is 1. The quantitative estimate of drug-likeness (QED) is 0.631. The molecule has 0 bridgehead atoms. The summed E-state index contributed by atoms with van der Waals surface area (Å²) < 4.78 is 4.41. The largest absolute Gasteiger partial charge is 0.469 e. The van der Waals surface area contributed by atoms with Crippen molar-refractivity contribution in [2.24, 2.45) is 0 Å². The molecule has 0 saturated carbocycles. The number of ether oxygens (including phenoxy) is 1. The van der Waals surface area contributed by atoms with Crippen LogP contribution in [0.4, 0.5) is 11.4 Å². The molecule has 1 rings (SSSR count). The van der Waals surface area contributed by atoms with E-state index < -0.39 is 5.97 Å². The molecule has 0 atom stereocenters. The molecule has 0 aromatic heterocycles. The molecule has 5 nitrogen and oxygen atoms in total. The van der Waals surface area contributed by atoms with E-state index in [2.05, 4.69) is 10.1 Å². The molecule has 1 aromatic carbocycles. The van der Waals surface area contributed by atoms with Crippen LogP contribution in [0.25, 0.3) is 0 Å². The Bertz CT molecular complexity index is 416. The van der Waals surface area contributed by atoms with Crippen molar-refractivity contribution in [3.63, 3.8) is 0 Å². The standard InChI is InChI=1S/C12H16N2O3/c1-14(2)10-6-4-5-9(7-10)13-11(15)8-12(16)17-3/h4-7H,8H2,1-3H3,(H,13,15). The summed E-state index contributed by atoms with van der Waals surface area (Å²) in [6, 6.07) is 7.36. The third-order valence-electron chi connectivity index (χ3n) is 2.18. The van der Waals surface area contributed by atoms with E-state index in [-0.39, 0.29) is 12.3 Å². The average molecular weight is 236 g/mol. The van der Waals surface area contributed by atoms with Gasteiger partial charge >= 0.3 is 5.97 Å². The summed E-state index contributed by atoms with van der Waals surface area (Å²) in [7, 11) is 5.08. The van der Waals surface area contributed by atoms with Gasteiger partial charge < -0.3 is 15.0 Å². The van der Waals surface area contributed by atoms with Gasteiger partial charge in [0.05, 0.1) is 7.11 Å². The van der Waals surface area contributed by atoms with E-state index in [9.17, 15) is 9.59 Å². The summed E-state index contributed by atoms with van der Waals surface area (Å²) in [6.45, 7) is 0. The Kier molecular flexibility index (Phi) is 4.51. The first-order chi connectivity index (χ1) is 8.02. The minimum atomic E-state index is -0.550. The third kappa shape index (κ3) is 4.14. The first-order valence-electron chi connectivity index (χ1n) is 5.17. The first kappa shape index (κ1) is 13.0.